The maximum Gasteiger partial charge on any atom is 0.310 e. The standard InChI is InChI=1S/C42H68O12/c1-37(2)15-17-42(36(50)51)18-16-40(5)22(23(42)19-37)7-10-28-38(3)13-12-29(39(4,21-44)27(38)11-14-41(28,40)6)52-25-9-8-24(45)30(46)34(25)54-35-33(49)32(48)31(47)26(20-43)53-35/h7,23-35,43-49H,8-21H2,1-6H3,(H,50,51). The maximum atomic E-state index is 13.1. The monoisotopic (exact) mass is 764 g/mol. The summed E-state index contributed by atoms with van der Waals surface area (Å²) in [6.07, 6.45) is -0.980. The Morgan fingerprint density at radius 3 is 2.17 bits per heavy atom. The van der Waals surface area contributed by atoms with Crippen LogP contribution in [0.1, 0.15) is 119 Å². The number of aliphatic hydroxyl groups excluding tert-OH is 7. The van der Waals surface area contributed by atoms with Crippen molar-refractivity contribution in [1.82, 2.24) is 0 Å². The third-order valence-corrected chi connectivity index (χ3v) is 17.5. The van der Waals surface area contributed by atoms with E-state index in [0.717, 1.165) is 51.4 Å². The van der Waals surface area contributed by atoms with Gasteiger partial charge in [0.05, 0.1) is 36.9 Å². The molecule has 7 aliphatic rings. The number of aliphatic carboxylic acids is 1. The summed E-state index contributed by atoms with van der Waals surface area (Å²) in [6.45, 7) is 13.3. The third kappa shape index (κ3) is 5.93. The van der Waals surface area contributed by atoms with Crippen LogP contribution in [0.3, 0.4) is 0 Å². The lowest BCUT2D eigenvalue weighted by Gasteiger charge is -2.71. The molecule has 12 heteroatoms. The topological polar surface area (TPSA) is 207 Å². The number of carboxylic acids is 1. The van der Waals surface area contributed by atoms with E-state index in [0.29, 0.717) is 25.2 Å². The predicted octanol–water partition coefficient (Wildman–Crippen LogP) is 3.30. The van der Waals surface area contributed by atoms with Crippen LogP contribution in [-0.2, 0) is 19.0 Å². The Balaban J connectivity index is 1.15. The molecule has 1 aliphatic heterocycles. The van der Waals surface area contributed by atoms with Gasteiger partial charge in [-0.05, 0) is 116 Å². The molecule has 12 nitrogen and oxygen atoms in total. The predicted molar refractivity (Wildman–Crippen MR) is 197 cm³/mol. The van der Waals surface area contributed by atoms with Crippen LogP contribution in [-0.4, -0.2) is 121 Å². The lowest BCUT2D eigenvalue weighted by molar-refractivity contribution is -0.336. The van der Waals surface area contributed by atoms with Crippen molar-refractivity contribution < 1.29 is 59.9 Å². The van der Waals surface area contributed by atoms with E-state index in [1.807, 2.05) is 0 Å². The summed E-state index contributed by atoms with van der Waals surface area (Å²) in [6, 6.07) is 0. The average molecular weight is 765 g/mol. The van der Waals surface area contributed by atoms with Gasteiger partial charge in [-0.3, -0.25) is 4.79 Å². The van der Waals surface area contributed by atoms with Gasteiger partial charge in [-0.15, -0.1) is 0 Å². The van der Waals surface area contributed by atoms with Gasteiger partial charge in [-0.1, -0.05) is 53.2 Å². The van der Waals surface area contributed by atoms with E-state index >= 15 is 0 Å². The zero-order valence-corrected chi connectivity index (χ0v) is 33.2. The van der Waals surface area contributed by atoms with Crippen LogP contribution in [0, 0.1) is 50.2 Å². The lowest BCUT2D eigenvalue weighted by Crippen LogP contribution is -2.66. The number of fused-ring (bicyclic) bond motifs is 7. The first-order chi connectivity index (χ1) is 25.2. The van der Waals surface area contributed by atoms with Crippen LogP contribution < -0.4 is 0 Å². The fourth-order valence-electron chi connectivity index (χ4n) is 13.8. The highest BCUT2D eigenvalue weighted by Crippen LogP contribution is 2.76. The van der Waals surface area contributed by atoms with Crippen molar-refractivity contribution in [3.63, 3.8) is 0 Å². The molecule has 6 aliphatic carbocycles. The molecule has 0 aromatic carbocycles. The normalized spacial score (nSPS) is 54.3. The Labute approximate surface area is 320 Å². The smallest absolute Gasteiger partial charge is 0.310 e. The molecule has 5 saturated carbocycles. The van der Waals surface area contributed by atoms with Crippen molar-refractivity contribution in [3.8, 4) is 0 Å². The van der Waals surface area contributed by atoms with E-state index < -0.39 is 84.6 Å². The molecule has 18 unspecified atom stereocenters. The van der Waals surface area contributed by atoms with E-state index in [-0.39, 0.29) is 46.5 Å². The molecule has 0 spiro atoms. The second-order valence-electron chi connectivity index (χ2n) is 20.5. The molecule has 18 atom stereocenters. The Morgan fingerprint density at radius 1 is 0.796 bits per heavy atom. The third-order valence-electron chi connectivity index (χ3n) is 17.5. The van der Waals surface area contributed by atoms with Crippen LogP contribution in [0.5, 0.6) is 0 Å². The molecule has 0 aromatic rings. The number of carboxylic acid groups (broad SMARTS) is 1. The summed E-state index contributed by atoms with van der Waals surface area (Å²) in [5.41, 5.74) is -0.163. The Kier molecular flexibility index (Phi) is 10.6. The number of allylic oxidation sites excluding steroid dienone is 2. The molecule has 0 amide bonds. The highest BCUT2D eigenvalue weighted by molar-refractivity contribution is 5.76. The highest BCUT2D eigenvalue weighted by atomic mass is 16.7. The van der Waals surface area contributed by atoms with Crippen molar-refractivity contribution in [2.45, 2.75) is 180 Å². The number of hydrogen-bond acceptors (Lipinski definition) is 11. The van der Waals surface area contributed by atoms with Crippen molar-refractivity contribution in [2.75, 3.05) is 13.2 Å². The fourth-order valence-corrected chi connectivity index (χ4v) is 13.8. The zero-order valence-electron chi connectivity index (χ0n) is 33.2. The lowest BCUT2D eigenvalue weighted by atomic mass is 9.33. The van der Waals surface area contributed by atoms with E-state index in [4.69, 9.17) is 14.2 Å². The SMILES string of the molecule is CC1(C)CCC2(C(=O)O)CCC3(C)C(=CCC4C5(C)CCC(OC6CCC(O)C(O)C6OC6OC(CO)C(O)C(O)C6O)C(C)(CO)C5CCC43C)C2C1. The fraction of sp³-hybridized carbons (Fsp3) is 0.929. The molecule has 54 heavy (non-hydrogen) atoms. The Bertz CT molecular complexity index is 1450. The minimum Gasteiger partial charge on any atom is -0.481 e. The van der Waals surface area contributed by atoms with Crippen LogP contribution >= 0.6 is 0 Å². The van der Waals surface area contributed by atoms with Crippen LogP contribution in [0.15, 0.2) is 11.6 Å². The highest BCUT2D eigenvalue weighted by Gasteiger charge is 2.70. The summed E-state index contributed by atoms with van der Waals surface area (Å²) < 4.78 is 18.6. The summed E-state index contributed by atoms with van der Waals surface area (Å²) in [7, 11) is 0. The van der Waals surface area contributed by atoms with Crippen molar-refractivity contribution in [2.24, 2.45) is 50.2 Å². The minimum atomic E-state index is -1.68. The maximum absolute atomic E-state index is 13.1. The molecular formula is C42H68O12. The summed E-state index contributed by atoms with van der Waals surface area (Å²) >= 11 is 0. The molecule has 1 heterocycles. The Morgan fingerprint density at radius 2 is 1.50 bits per heavy atom. The van der Waals surface area contributed by atoms with Gasteiger partial charge in [0.2, 0.25) is 0 Å². The minimum absolute atomic E-state index is 0.0372. The van der Waals surface area contributed by atoms with E-state index in [9.17, 15) is 45.6 Å². The molecule has 0 aromatic heterocycles. The first-order valence-corrected chi connectivity index (χ1v) is 20.8. The van der Waals surface area contributed by atoms with Gasteiger partial charge in [0, 0.05) is 5.41 Å². The first-order valence-electron chi connectivity index (χ1n) is 20.8. The van der Waals surface area contributed by atoms with Gasteiger partial charge in [0.1, 0.15) is 36.6 Å². The van der Waals surface area contributed by atoms with Gasteiger partial charge in [-0.25, -0.2) is 0 Å². The van der Waals surface area contributed by atoms with Gasteiger partial charge < -0.3 is 55.1 Å². The van der Waals surface area contributed by atoms with E-state index in [1.165, 1.54) is 5.57 Å². The van der Waals surface area contributed by atoms with Gasteiger partial charge in [0.25, 0.3) is 0 Å². The first kappa shape index (κ1) is 41.0. The molecule has 0 bridgehead atoms. The summed E-state index contributed by atoms with van der Waals surface area (Å²) in [5.74, 6) is -0.154. The number of hydrogen-bond donors (Lipinski definition) is 8. The average Bonchev–Trinajstić information content (AvgIpc) is 3.12. The summed E-state index contributed by atoms with van der Waals surface area (Å²) in [5, 5.41) is 85.0. The second kappa shape index (κ2) is 14.0. The van der Waals surface area contributed by atoms with E-state index in [1.54, 1.807) is 0 Å². The number of rotatable bonds is 7. The second-order valence-corrected chi connectivity index (χ2v) is 20.5. The quantitative estimate of drug-likeness (QED) is 0.176. The number of ether oxygens (including phenoxy) is 3. The van der Waals surface area contributed by atoms with Crippen LogP contribution in [0.25, 0.3) is 0 Å². The molecule has 308 valence electrons. The van der Waals surface area contributed by atoms with Crippen LogP contribution in [0.4, 0.5) is 0 Å². The van der Waals surface area contributed by atoms with Crippen molar-refractivity contribution >= 4 is 5.97 Å². The largest absolute Gasteiger partial charge is 0.481 e. The van der Waals surface area contributed by atoms with Gasteiger partial charge >= 0.3 is 5.97 Å². The molecule has 7 rings (SSSR count). The van der Waals surface area contributed by atoms with Gasteiger partial charge in [0.15, 0.2) is 6.29 Å². The molecule has 8 N–H and O–H groups in total. The van der Waals surface area contributed by atoms with Crippen molar-refractivity contribution in [3.05, 3.63) is 11.6 Å². The molecule has 0 radical (unpaired) electrons. The van der Waals surface area contributed by atoms with Crippen LogP contribution in [0.2, 0.25) is 0 Å². The van der Waals surface area contributed by atoms with Gasteiger partial charge in [-0.2, -0.15) is 0 Å². The summed E-state index contributed by atoms with van der Waals surface area (Å²) in [4.78, 5) is 13.1. The molecular weight excluding hydrogens is 696 g/mol. The Hall–Kier alpha value is -1.19. The zero-order chi connectivity index (χ0) is 39.4. The van der Waals surface area contributed by atoms with Crippen molar-refractivity contribution in [1.29, 1.82) is 0 Å². The molecule has 6 fully saturated rings. The molecule has 1 saturated heterocycles. The number of aliphatic hydroxyl groups is 7. The van der Waals surface area contributed by atoms with E-state index in [2.05, 4.69) is 47.6 Å². The number of carbonyl (C=O) groups is 1.